The summed E-state index contributed by atoms with van der Waals surface area (Å²) in [5.41, 5.74) is 11.1. The van der Waals surface area contributed by atoms with Gasteiger partial charge in [-0.2, -0.15) is 0 Å². The monoisotopic (exact) mass is 1250 g/mol. The maximum Gasteiger partial charge on any atom is 0.307 e. The van der Waals surface area contributed by atoms with Crippen LogP contribution >= 0.6 is 0 Å². The van der Waals surface area contributed by atoms with Gasteiger partial charge < -0.3 is 31.1 Å². The Kier molecular flexibility index (Phi) is 14.7. The Hall–Kier alpha value is -5.63. The molecule has 3 aromatic rings. The number of hydrogen-bond donors (Lipinski definition) is 6. The first-order valence-electron chi connectivity index (χ1n) is 37.7. The molecule has 21 rings (SSSR count). The lowest BCUT2D eigenvalue weighted by atomic mass is 9.29. The van der Waals surface area contributed by atoms with Crippen LogP contribution in [-0.2, 0) is 11.2 Å². The Bertz CT molecular complexity index is 3870. The third-order valence-corrected chi connectivity index (χ3v) is 30.5. The first-order chi connectivity index (χ1) is 45.1. The molecule has 7 heteroatoms. The number of fused-ring (bicyclic) bond motifs is 4. The second-order valence-corrected chi connectivity index (χ2v) is 34.5. The minimum absolute atomic E-state index is 0.0775. The average Bonchev–Trinajstić information content (AvgIpc) is 1.62. The van der Waals surface area contributed by atoms with E-state index in [1.807, 2.05) is 0 Å². The largest absolute Gasteiger partial charge is 0.516 e. The Labute approximate surface area is 555 Å². The molecule has 6 heterocycles. The zero-order chi connectivity index (χ0) is 63.4. The molecule has 93 heavy (non-hydrogen) atoms. The number of hydrogen-bond acceptors (Lipinski definition) is 6. The Balaban J connectivity index is 0.896. The van der Waals surface area contributed by atoms with Crippen LogP contribution in [0.25, 0.3) is 17.2 Å². The fourth-order valence-corrected chi connectivity index (χ4v) is 27.1. The van der Waals surface area contributed by atoms with Gasteiger partial charge in [-0.3, -0.25) is 4.79 Å². The van der Waals surface area contributed by atoms with Gasteiger partial charge in [0.25, 0.3) is 0 Å². The maximum absolute atomic E-state index is 15.3. The molecule has 0 radical (unpaired) electrons. The number of rotatable bonds is 5. The molecule has 6 N–H and O–H groups in total. The summed E-state index contributed by atoms with van der Waals surface area (Å²) in [6.07, 6.45) is 42.9. The van der Waals surface area contributed by atoms with Crippen molar-refractivity contribution in [3.05, 3.63) is 182 Å². The maximum atomic E-state index is 15.3. The molecule has 3 aromatic carbocycles. The van der Waals surface area contributed by atoms with Crippen molar-refractivity contribution in [2.75, 3.05) is 13.1 Å². The van der Waals surface area contributed by atoms with E-state index in [2.05, 4.69) is 160 Å². The summed E-state index contributed by atoms with van der Waals surface area (Å²) in [6.45, 7) is 11.5. The van der Waals surface area contributed by atoms with Crippen LogP contribution in [0.15, 0.2) is 155 Å². The number of aliphatic hydroxyl groups excluding tert-OH is 3. The van der Waals surface area contributed by atoms with Crippen molar-refractivity contribution in [3.63, 3.8) is 0 Å². The van der Waals surface area contributed by atoms with Crippen molar-refractivity contribution in [2.45, 2.75) is 206 Å². The van der Waals surface area contributed by atoms with Gasteiger partial charge in [0.15, 0.2) is 0 Å². The summed E-state index contributed by atoms with van der Waals surface area (Å²) in [6, 6.07) is 30.2. The lowest BCUT2D eigenvalue weighted by Crippen LogP contribution is -2.69. The molecule has 6 saturated carbocycles. The average molecular weight is 1250 g/mol. The van der Waals surface area contributed by atoms with Crippen molar-refractivity contribution in [3.8, 4) is 0 Å². The van der Waals surface area contributed by atoms with E-state index in [9.17, 15) is 20.4 Å². The van der Waals surface area contributed by atoms with Crippen molar-refractivity contribution in [1.29, 1.82) is 0 Å². The summed E-state index contributed by atoms with van der Waals surface area (Å²) in [5.74, 6) is 3.15. The standard InChI is InChI=1S/C86H106N2O5/c1-53(2)41-64-30-35-80(3)75(90)34-38-84-70-31-36-81(4)85-39-33-69-71(32-37-82(69)46-60-25-24-58(44-63(60)47-82)55-16-7-5-8-17-55)86(81,50-76(85)91)74(70)49-83(64,79(80)84)48-68-67(66-22-12-11-20-59(66)45-73(68)84)43-54-15-13-21-57(42-54)61-27-29-77(88-51-61)87-40-14-23-65(56-18-9-6-10-19-56)62(52-89)26-28-72(85)78(92)93/h5,7-8,11-13,15-17,20-22,27,29-30,33,39,42,45,48,52-53,56,58,60,63,65,69,71-73,75-76,79,87-91H,6,9-10,14,18-19,23-26,28,31-32,34-38,40-41,43-44,46-47,49-51H2,1-4H3,(H,92,93). The molecule has 18 unspecified atom stereocenters. The number of nitrogens with one attached hydrogen (secondary N) is 2. The van der Waals surface area contributed by atoms with Crippen LogP contribution in [0.1, 0.15) is 204 Å². The summed E-state index contributed by atoms with van der Waals surface area (Å²) in [5, 5.41) is 61.8. The smallest absolute Gasteiger partial charge is 0.307 e. The topological polar surface area (TPSA) is 122 Å². The number of carbonyl (C=O) groups is 1. The SMILES string of the molecule is CC(C)CC1=CCC2(C)C(O)CCC34C5=C6CC1(C=C1C(=c7ccccc7=CC13)Cc1cccc(c1)C1=CC=C(NCCCC(C3CCCCC3)C(=CO)CCC(C(=O)O)C37C=CC8C(CCC89CC8CCC(c%10ccccc%10)CC8C9)C6(CC3O)C7(C)CC5)NC1)C24. The lowest BCUT2D eigenvalue weighted by molar-refractivity contribution is -0.171. The van der Waals surface area contributed by atoms with Crippen molar-refractivity contribution >= 4 is 23.2 Å². The molecule has 0 amide bonds. The molecule has 0 aromatic heterocycles. The van der Waals surface area contributed by atoms with Gasteiger partial charge >= 0.3 is 5.97 Å². The molecule has 3 spiro atoms. The van der Waals surface area contributed by atoms with Crippen LogP contribution in [0.2, 0.25) is 0 Å². The number of dihydropyridines is 1. The van der Waals surface area contributed by atoms with Gasteiger partial charge in [0.05, 0.1) is 30.2 Å². The van der Waals surface area contributed by atoms with Gasteiger partial charge in [0.2, 0.25) is 0 Å². The normalized spacial score (nSPS) is 42.7. The quantitative estimate of drug-likeness (QED) is 0.111. The van der Waals surface area contributed by atoms with Gasteiger partial charge in [-0.15, -0.1) is 0 Å². The van der Waals surface area contributed by atoms with Crippen LogP contribution in [-0.4, -0.2) is 51.7 Å². The second kappa shape index (κ2) is 22.5. The molecule has 18 atom stereocenters. The van der Waals surface area contributed by atoms with Gasteiger partial charge in [0, 0.05) is 46.1 Å². The highest BCUT2D eigenvalue weighted by Crippen LogP contribution is 2.87. The molecule has 6 fully saturated rings. The number of carboxylic acid groups (broad SMARTS) is 1. The Morgan fingerprint density at radius 1 is 0.774 bits per heavy atom. The summed E-state index contributed by atoms with van der Waals surface area (Å²) in [7, 11) is 0. The van der Waals surface area contributed by atoms with Crippen LogP contribution in [0.5, 0.6) is 0 Å². The fraction of sp³-hybridized carbons (Fsp3) is 0.593. The van der Waals surface area contributed by atoms with E-state index in [0.717, 1.165) is 108 Å². The highest BCUT2D eigenvalue weighted by molar-refractivity contribution is 5.78. The minimum Gasteiger partial charge on any atom is -0.516 e. The molecule has 0 saturated heterocycles. The third-order valence-electron chi connectivity index (χ3n) is 30.5. The van der Waals surface area contributed by atoms with Crippen molar-refractivity contribution < 1.29 is 25.2 Å². The van der Waals surface area contributed by atoms with Gasteiger partial charge in [0.1, 0.15) is 0 Å². The summed E-state index contributed by atoms with van der Waals surface area (Å²) < 4.78 is 0. The summed E-state index contributed by atoms with van der Waals surface area (Å²) in [4.78, 5) is 15.3. The van der Waals surface area contributed by atoms with Crippen LogP contribution < -0.4 is 21.1 Å². The minimum atomic E-state index is -1.05. The van der Waals surface area contributed by atoms with E-state index >= 15 is 4.79 Å². The number of benzene rings is 3. The second-order valence-electron chi connectivity index (χ2n) is 34.5. The van der Waals surface area contributed by atoms with E-state index in [-0.39, 0.29) is 45.8 Å². The molecular formula is C86H106N2O5. The molecule has 6 aliphatic heterocycles. The zero-order valence-corrected chi connectivity index (χ0v) is 56.4. The molecule has 12 aliphatic carbocycles. The third kappa shape index (κ3) is 8.73. The Morgan fingerprint density at radius 3 is 2.41 bits per heavy atom. The number of aliphatic carboxylic acids is 1. The molecular weight excluding hydrogens is 1140 g/mol. The van der Waals surface area contributed by atoms with Gasteiger partial charge in [-0.05, 0) is 261 Å². The van der Waals surface area contributed by atoms with E-state index < -0.39 is 45.8 Å². The highest BCUT2D eigenvalue weighted by Gasteiger charge is 2.81. The predicted molar refractivity (Wildman–Crippen MR) is 373 cm³/mol. The van der Waals surface area contributed by atoms with E-state index in [1.165, 1.54) is 108 Å². The first-order valence-corrected chi connectivity index (χ1v) is 37.7. The van der Waals surface area contributed by atoms with Crippen molar-refractivity contribution in [2.24, 2.45) is 97.1 Å². The van der Waals surface area contributed by atoms with E-state index in [1.54, 1.807) is 16.7 Å². The van der Waals surface area contributed by atoms with Crippen LogP contribution in [0.4, 0.5) is 0 Å². The van der Waals surface area contributed by atoms with Gasteiger partial charge in [-0.25, -0.2) is 0 Å². The number of carboxylic acids is 1. The van der Waals surface area contributed by atoms with Crippen LogP contribution in [0, 0.1) is 97.1 Å². The van der Waals surface area contributed by atoms with E-state index in [4.69, 9.17) is 0 Å². The van der Waals surface area contributed by atoms with Crippen LogP contribution in [0.3, 0.4) is 0 Å². The first kappa shape index (κ1) is 61.0. The highest BCUT2D eigenvalue weighted by atomic mass is 16.4. The summed E-state index contributed by atoms with van der Waals surface area (Å²) >= 11 is 0. The molecule has 18 aliphatic rings. The zero-order valence-electron chi connectivity index (χ0n) is 56.4. The van der Waals surface area contributed by atoms with Crippen molar-refractivity contribution in [1.82, 2.24) is 10.6 Å². The predicted octanol–water partition coefficient (Wildman–Crippen LogP) is 16.7. The van der Waals surface area contributed by atoms with Gasteiger partial charge in [-0.1, -0.05) is 179 Å². The molecule has 7 nitrogen and oxygen atoms in total. The Morgan fingerprint density at radius 2 is 1.60 bits per heavy atom. The number of allylic oxidation sites excluding steroid dienone is 10. The lowest BCUT2D eigenvalue weighted by Gasteiger charge is -2.74. The fourth-order valence-electron chi connectivity index (χ4n) is 27.1. The number of aliphatic hydroxyl groups is 3. The molecule has 14 bridgehead atoms. The molecule has 490 valence electrons. The van der Waals surface area contributed by atoms with E-state index in [0.29, 0.717) is 48.9 Å².